The largest absolute Gasteiger partial charge is 0.455 e. The van der Waals surface area contributed by atoms with Crippen LogP contribution in [0, 0.1) is 6.92 Å². The van der Waals surface area contributed by atoms with E-state index in [2.05, 4.69) is 10.5 Å². The van der Waals surface area contributed by atoms with Gasteiger partial charge in [0.2, 0.25) is 5.91 Å². The highest BCUT2D eigenvalue weighted by atomic mass is 35.5. The van der Waals surface area contributed by atoms with Crippen LogP contribution < -0.4 is 5.43 Å². The molecule has 1 N–H and O–H groups in total. The third kappa shape index (κ3) is 4.81. The normalized spacial score (nSPS) is 11.0. The molecule has 5 heteroatoms. The van der Waals surface area contributed by atoms with Crippen LogP contribution in [0.2, 0.25) is 5.02 Å². The van der Waals surface area contributed by atoms with Crippen molar-refractivity contribution in [2.75, 3.05) is 0 Å². The number of aryl methyl sites for hydroxylation is 1. The zero-order valence-corrected chi connectivity index (χ0v) is 14.5. The number of hydrogen-bond acceptors (Lipinski definition) is 3. The molecule has 0 saturated carbocycles. The quantitative estimate of drug-likeness (QED) is 0.539. The van der Waals surface area contributed by atoms with Crippen LogP contribution in [-0.2, 0) is 11.2 Å². The van der Waals surface area contributed by atoms with Crippen LogP contribution in [0.15, 0.2) is 70.2 Å². The Bertz CT molecular complexity index is 881. The topological polar surface area (TPSA) is 54.6 Å². The fourth-order valence-electron chi connectivity index (χ4n) is 2.29. The van der Waals surface area contributed by atoms with E-state index in [0.717, 1.165) is 16.7 Å². The molecule has 0 spiro atoms. The number of nitrogens with zero attached hydrogens (tertiary/aromatic N) is 1. The van der Waals surface area contributed by atoms with Gasteiger partial charge in [0.25, 0.3) is 0 Å². The number of rotatable bonds is 5. The minimum absolute atomic E-state index is 0.176. The molecule has 1 aromatic heterocycles. The van der Waals surface area contributed by atoms with Gasteiger partial charge in [-0.2, -0.15) is 5.10 Å². The van der Waals surface area contributed by atoms with E-state index in [1.54, 1.807) is 18.2 Å². The highest BCUT2D eigenvalue weighted by Gasteiger charge is 2.04. The lowest BCUT2D eigenvalue weighted by Gasteiger charge is -2.00. The van der Waals surface area contributed by atoms with Crippen molar-refractivity contribution in [3.8, 4) is 11.3 Å². The van der Waals surface area contributed by atoms with Gasteiger partial charge in [-0.1, -0.05) is 41.4 Å². The van der Waals surface area contributed by atoms with E-state index >= 15 is 0 Å². The number of hydrogen-bond donors (Lipinski definition) is 1. The van der Waals surface area contributed by atoms with Crippen molar-refractivity contribution in [1.82, 2.24) is 5.43 Å². The van der Waals surface area contributed by atoms with Crippen LogP contribution >= 0.6 is 11.6 Å². The summed E-state index contributed by atoms with van der Waals surface area (Å²) in [5, 5.41) is 4.61. The van der Waals surface area contributed by atoms with E-state index in [1.807, 2.05) is 49.4 Å². The average molecular weight is 353 g/mol. The van der Waals surface area contributed by atoms with Gasteiger partial charge in [0, 0.05) is 10.6 Å². The van der Waals surface area contributed by atoms with Crippen LogP contribution in [0.3, 0.4) is 0 Å². The Balaban J connectivity index is 1.56. The van der Waals surface area contributed by atoms with Crippen molar-refractivity contribution in [1.29, 1.82) is 0 Å². The van der Waals surface area contributed by atoms with E-state index in [0.29, 0.717) is 16.5 Å². The zero-order chi connectivity index (χ0) is 17.6. The Kier molecular flexibility index (Phi) is 5.31. The Morgan fingerprint density at radius 1 is 1.08 bits per heavy atom. The fraction of sp³-hybridized carbons (Fsp3) is 0.100. The minimum atomic E-state index is -0.176. The maximum absolute atomic E-state index is 11.9. The summed E-state index contributed by atoms with van der Waals surface area (Å²) in [6, 6.07) is 18.8. The second kappa shape index (κ2) is 7.81. The molecule has 0 unspecified atom stereocenters. The molecule has 3 rings (SSSR count). The number of benzene rings is 2. The van der Waals surface area contributed by atoms with Gasteiger partial charge in [0.1, 0.15) is 11.5 Å². The van der Waals surface area contributed by atoms with Gasteiger partial charge >= 0.3 is 0 Å². The smallest absolute Gasteiger partial charge is 0.244 e. The zero-order valence-electron chi connectivity index (χ0n) is 13.7. The van der Waals surface area contributed by atoms with E-state index in [-0.39, 0.29) is 12.3 Å². The lowest BCUT2D eigenvalue weighted by molar-refractivity contribution is -0.120. The number of furan rings is 1. The summed E-state index contributed by atoms with van der Waals surface area (Å²) < 4.78 is 5.68. The van der Waals surface area contributed by atoms with Gasteiger partial charge < -0.3 is 4.42 Å². The Labute approximate surface area is 151 Å². The Morgan fingerprint density at radius 3 is 2.52 bits per heavy atom. The van der Waals surface area contributed by atoms with Crippen LogP contribution in [0.1, 0.15) is 16.9 Å². The maximum atomic E-state index is 11.9. The van der Waals surface area contributed by atoms with Gasteiger partial charge in [-0.05, 0) is 48.9 Å². The lowest BCUT2D eigenvalue weighted by atomic mass is 10.1. The molecule has 0 fully saturated rings. The first-order valence-electron chi connectivity index (χ1n) is 7.83. The predicted molar refractivity (Wildman–Crippen MR) is 99.8 cm³/mol. The van der Waals surface area contributed by atoms with E-state index in [4.69, 9.17) is 16.0 Å². The molecule has 0 radical (unpaired) electrons. The van der Waals surface area contributed by atoms with Gasteiger partial charge in [0.15, 0.2) is 0 Å². The fourth-order valence-corrected chi connectivity index (χ4v) is 2.42. The van der Waals surface area contributed by atoms with Gasteiger partial charge in [0.05, 0.1) is 12.6 Å². The molecule has 1 heterocycles. The number of hydrazone groups is 1. The van der Waals surface area contributed by atoms with Crippen LogP contribution in [-0.4, -0.2) is 12.1 Å². The van der Waals surface area contributed by atoms with Crippen LogP contribution in [0.25, 0.3) is 11.3 Å². The van der Waals surface area contributed by atoms with Crippen LogP contribution in [0.4, 0.5) is 0 Å². The summed E-state index contributed by atoms with van der Waals surface area (Å²) in [5.41, 5.74) is 5.54. The summed E-state index contributed by atoms with van der Waals surface area (Å²) in [7, 11) is 0. The van der Waals surface area contributed by atoms with Crippen molar-refractivity contribution >= 4 is 23.7 Å². The average Bonchev–Trinajstić information content (AvgIpc) is 3.06. The van der Waals surface area contributed by atoms with E-state index < -0.39 is 0 Å². The van der Waals surface area contributed by atoms with E-state index in [1.165, 1.54) is 6.21 Å². The summed E-state index contributed by atoms with van der Waals surface area (Å²) in [6.45, 7) is 2.01. The first-order chi connectivity index (χ1) is 12.1. The molecule has 3 aromatic rings. The third-order valence-electron chi connectivity index (χ3n) is 3.62. The van der Waals surface area contributed by atoms with E-state index in [9.17, 15) is 4.79 Å². The van der Waals surface area contributed by atoms with Gasteiger partial charge in [-0.25, -0.2) is 5.43 Å². The first-order valence-corrected chi connectivity index (χ1v) is 8.21. The minimum Gasteiger partial charge on any atom is -0.455 e. The van der Waals surface area contributed by atoms with Gasteiger partial charge in [-0.15, -0.1) is 0 Å². The SMILES string of the molecule is Cc1ccc(CC(=O)N/N=C\c2ccc(-c3ccc(Cl)cc3)o2)cc1. The molecule has 1 amide bonds. The second-order valence-corrected chi connectivity index (χ2v) is 6.10. The molecule has 0 saturated heterocycles. The summed E-state index contributed by atoms with van der Waals surface area (Å²) in [4.78, 5) is 11.9. The van der Waals surface area contributed by atoms with Crippen molar-refractivity contribution in [2.45, 2.75) is 13.3 Å². The molecule has 0 atom stereocenters. The maximum Gasteiger partial charge on any atom is 0.244 e. The Hall–Kier alpha value is -2.85. The molecule has 126 valence electrons. The summed E-state index contributed by atoms with van der Waals surface area (Å²) >= 11 is 5.88. The van der Waals surface area contributed by atoms with Crippen molar-refractivity contribution in [3.63, 3.8) is 0 Å². The van der Waals surface area contributed by atoms with Crippen molar-refractivity contribution in [2.24, 2.45) is 5.10 Å². The molecular weight excluding hydrogens is 336 g/mol. The van der Waals surface area contributed by atoms with Crippen LogP contribution in [0.5, 0.6) is 0 Å². The molecular formula is C20H17ClN2O2. The molecule has 0 aliphatic carbocycles. The number of nitrogens with one attached hydrogen (secondary N) is 1. The molecule has 0 bridgehead atoms. The summed E-state index contributed by atoms with van der Waals surface area (Å²) in [5.74, 6) is 1.09. The van der Waals surface area contributed by atoms with Crippen molar-refractivity contribution < 1.29 is 9.21 Å². The number of halogens is 1. The Morgan fingerprint density at radius 2 is 1.80 bits per heavy atom. The highest BCUT2D eigenvalue weighted by molar-refractivity contribution is 6.30. The molecule has 2 aromatic carbocycles. The molecule has 0 aliphatic rings. The lowest BCUT2D eigenvalue weighted by Crippen LogP contribution is -2.19. The third-order valence-corrected chi connectivity index (χ3v) is 3.87. The number of carbonyl (C=O) groups is 1. The number of carbonyl (C=O) groups excluding carboxylic acids is 1. The first kappa shape index (κ1) is 17.0. The predicted octanol–water partition coefficient (Wildman–Crippen LogP) is 4.60. The summed E-state index contributed by atoms with van der Waals surface area (Å²) in [6.07, 6.45) is 1.76. The number of amides is 1. The second-order valence-electron chi connectivity index (χ2n) is 5.66. The molecule has 25 heavy (non-hydrogen) atoms. The monoisotopic (exact) mass is 352 g/mol. The highest BCUT2D eigenvalue weighted by Crippen LogP contribution is 2.23. The van der Waals surface area contributed by atoms with Crippen molar-refractivity contribution in [3.05, 3.63) is 82.6 Å². The standard InChI is InChI=1S/C20H17ClN2O2/c1-14-2-4-15(5-3-14)12-20(24)23-22-13-18-10-11-19(25-18)16-6-8-17(21)9-7-16/h2-11,13H,12H2,1H3,(H,23,24)/b22-13-. The molecule has 4 nitrogen and oxygen atoms in total. The van der Waals surface area contributed by atoms with Gasteiger partial charge in [-0.3, -0.25) is 4.79 Å². The molecule has 0 aliphatic heterocycles.